The van der Waals surface area contributed by atoms with Crippen LogP contribution in [0.4, 0.5) is 11.5 Å². The Hall–Kier alpha value is -3.53. The molecule has 3 N–H and O–H groups in total. The maximum Gasteiger partial charge on any atom is 0.238 e. The van der Waals surface area contributed by atoms with E-state index in [1.54, 1.807) is 12.1 Å². The zero-order valence-electron chi connectivity index (χ0n) is 19.8. The van der Waals surface area contributed by atoms with E-state index in [0.717, 1.165) is 0 Å². The van der Waals surface area contributed by atoms with Crippen molar-refractivity contribution < 1.29 is 22.6 Å². The van der Waals surface area contributed by atoms with Gasteiger partial charge in [-0.15, -0.1) is 0 Å². The number of benzene rings is 2. The molecule has 0 bridgehead atoms. The van der Waals surface area contributed by atoms with Crippen LogP contribution in [0, 0.1) is 11.3 Å². The van der Waals surface area contributed by atoms with Crippen LogP contribution in [0.15, 0.2) is 46.5 Å². The summed E-state index contributed by atoms with van der Waals surface area (Å²) in [5, 5.41) is 19.0. The Morgan fingerprint density at radius 1 is 1.03 bits per heavy atom. The van der Waals surface area contributed by atoms with Crippen LogP contribution in [0.1, 0.15) is 19.4 Å². The SMILES string of the molecule is COc1cc(-c2nc(SC(C)C)nc(Nc3ccc(S(N)(=O)=O)cc3)c2C#N)cc(OC)c1OC. The Balaban J connectivity index is 2.19. The minimum Gasteiger partial charge on any atom is -0.493 e. The molecule has 184 valence electrons. The fourth-order valence-corrected chi connectivity index (χ4v) is 4.42. The van der Waals surface area contributed by atoms with Gasteiger partial charge >= 0.3 is 0 Å². The number of hydrogen-bond donors (Lipinski definition) is 2. The van der Waals surface area contributed by atoms with Crippen LogP contribution in [0.2, 0.25) is 0 Å². The molecule has 0 saturated carbocycles. The number of rotatable bonds is 9. The van der Waals surface area contributed by atoms with Crippen molar-refractivity contribution in [2.75, 3.05) is 26.6 Å². The van der Waals surface area contributed by atoms with Gasteiger partial charge in [0, 0.05) is 16.5 Å². The third-order valence-corrected chi connectivity index (χ3v) is 6.52. The van der Waals surface area contributed by atoms with Crippen molar-refractivity contribution in [2.45, 2.75) is 29.1 Å². The summed E-state index contributed by atoms with van der Waals surface area (Å²) >= 11 is 1.43. The fourth-order valence-electron chi connectivity index (χ4n) is 3.19. The summed E-state index contributed by atoms with van der Waals surface area (Å²) in [5.74, 6) is 1.50. The number of ether oxygens (including phenoxy) is 3. The van der Waals surface area contributed by atoms with Crippen molar-refractivity contribution in [3.8, 4) is 34.6 Å². The Morgan fingerprint density at radius 2 is 1.63 bits per heavy atom. The Labute approximate surface area is 208 Å². The highest BCUT2D eigenvalue weighted by molar-refractivity contribution is 7.99. The summed E-state index contributed by atoms with van der Waals surface area (Å²) in [7, 11) is 0.685. The van der Waals surface area contributed by atoms with Crippen LogP contribution in [-0.2, 0) is 10.0 Å². The zero-order chi connectivity index (χ0) is 25.8. The molecule has 0 fully saturated rings. The second kappa shape index (κ2) is 10.8. The smallest absolute Gasteiger partial charge is 0.238 e. The lowest BCUT2D eigenvalue weighted by molar-refractivity contribution is 0.324. The highest BCUT2D eigenvalue weighted by atomic mass is 32.2. The third kappa shape index (κ3) is 5.94. The predicted molar refractivity (Wildman–Crippen MR) is 134 cm³/mol. The number of nitriles is 1. The van der Waals surface area contributed by atoms with Crippen LogP contribution in [0.3, 0.4) is 0 Å². The second-order valence-electron chi connectivity index (χ2n) is 7.47. The molecule has 35 heavy (non-hydrogen) atoms. The minimum absolute atomic E-state index is 0.0274. The molecule has 0 aliphatic heterocycles. The molecule has 0 atom stereocenters. The molecule has 0 aliphatic carbocycles. The Morgan fingerprint density at radius 3 is 2.09 bits per heavy atom. The summed E-state index contributed by atoms with van der Waals surface area (Å²) in [6.07, 6.45) is 0. The number of methoxy groups -OCH3 is 3. The highest BCUT2D eigenvalue weighted by Crippen LogP contribution is 2.42. The summed E-state index contributed by atoms with van der Waals surface area (Å²) in [6, 6.07) is 11.4. The van der Waals surface area contributed by atoms with Gasteiger partial charge in [0.05, 0.1) is 31.9 Å². The van der Waals surface area contributed by atoms with E-state index in [-0.39, 0.29) is 21.5 Å². The molecule has 0 radical (unpaired) electrons. The lowest BCUT2D eigenvalue weighted by atomic mass is 10.1. The van der Waals surface area contributed by atoms with E-state index < -0.39 is 10.0 Å². The Bertz CT molecular complexity index is 1350. The molecule has 3 aromatic rings. The standard InChI is InChI=1S/C23H25N5O5S2/c1-13(2)34-23-27-20(14-10-18(31-3)21(33-5)19(11-14)32-4)17(12-24)22(28-23)26-15-6-8-16(9-7-15)35(25,29)30/h6-11,13H,1-5H3,(H2,25,29,30)(H,26,27,28). The summed E-state index contributed by atoms with van der Waals surface area (Å²) in [5.41, 5.74) is 1.64. The quantitative estimate of drug-likeness (QED) is 0.317. The molecule has 10 nitrogen and oxygen atoms in total. The number of nitrogens with two attached hydrogens (primary N) is 1. The van der Waals surface area contributed by atoms with Gasteiger partial charge in [-0.05, 0) is 36.4 Å². The lowest BCUT2D eigenvalue weighted by Crippen LogP contribution is -2.12. The molecule has 2 aromatic carbocycles. The van der Waals surface area contributed by atoms with Crippen molar-refractivity contribution >= 4 is 33.3 Å². The molecule has 0 saturated heterocycles. The van der Waals surface area contributed by atoms with E-state index in [9.17, 15) is 13.7 Å². The Kier molecular flexibility index (Phi) is 8.06. The lowest BCUT2D eigenvalue weighted by Gasteiger charge is -2.17. The molecular formula is C23H25N5O5S2. The van der Waals surface area contributed by atoms with Crippen molar-refractivity contribution in [3.05, 3.63) is 42.0 Å². The first-order valence-corrected chi connectivity index (χ1v) is 12.7. The normalized spacial score (nSPS) is 11.1. The fraction of sp³-hybridized carbons (Fsp3) is 0.261. The first-order valence-electron chi connectivity index (χ1n) is 10.3. The van der Waals surface area contributed by atoms with E-state index in [0.29, 0.717) is 39.3 Å². The average molecular weight is 516 g/mol. The van der Waals surface area contributed by atoms with Gasteiger partial charge in [-0.25, -0.2) is 23.5 Å². The number of hydrogen-bond acceptors (Lipinski definition) is 10. The predicted octanol–water partition coefficient (Wildman–Crippen LogP) is 3.93. The van der Waals surface area contributed by atoms with Gasteiger partial charge < -0.3 is 19.5 Å². The van der Waals surface area contributed by atoms with Crippen molar-refractivity contribution in [1.29, 1.82) is 5.26 Å². The van der Waals surface area contributed by atoms with Crippen molar-refractivity contribution in [2.24, 2.45) is 5.14 Å². The number of primary sulfonamides is 1. The molecule has 1 aromatic heterocycles. The first-order chi connectivity index (χ1) is 16.6. The maximum absolute atomic E-state index is 11.6. The number of sulfonamides is 1. The topological polar surface area (TPSA) is 149 Å². The summed E-state index contributed by atoms with van der Waals surface area (Å²) in [6.45, 7) is 4.01. The van der Waals surface area contributed by atoms with E-state index in [4.69, 9.17) is 19.3 Å². The van der Waals surface area contributed by atoms with Crippen molar-refractivity contribution in [3.63, 3.8) is 0 Å². The molecule has 12 heteroatoms. The monoisotopic (exact) mass is 515 g/mol. The van der Waals surface area contributed by atoms with Crippen LogP contribution < -0.4 is 24.7 Å². The number of anilines is 2. The van der Waals surface area contributed by atoms with Gasteiger partial charge in [0.2, 0.25) is 15.8 Å². The van der Waals surface area contributed by atoms with Gasteiger partial charge in [-0.1, -0.05) is 25.6 Å². The molecular weight excluding hydrogens is 490 g/mol. The molecule has 0 amide bonds. The third-order valence-electron chi connectivity index (χ3n) is 4.73. The molecule has 3 rings (SSSR count). The largest absolute Gasteiger partial charge is 0.493 e. The van der Waals surface area contributed by atoms with Crippen LogP contribution in [-0.4, -0.2) is 45.0 Å². The molecule has 0 unspecified atom stereocenters. The number of thioether (sulfide) groups is 1. The maximum atomic E-state index is 11.6. The van der Waals surface area contributed by atoms with Gasteiger partial charge in [0.25, 0.3) is 0 Å². The number of aromatic nitrogens is 2. The van der Waals surface area contributed by atoms with Gasteiger partial charge in [0.15, 0.2) is 22.5 Å². The van der Waals surface area contributed by atoms with Crippen LogP contribution in [0.5, 0.6) is 17.2 Å². The molecule has 1 heterocycles. The summed E-state index contributed by atoms with van der Waals surface area (Å²) < 4.78 is 39.5. The van der Waals surface area contributed by atoms with Crippen LogP contribution in [0.25, 0.3) is 11.3 Å². The van der Waals surface area contributed by atoms with E-state index >= 15 is 0 Å². The van der Waals surface area contributed by atoms with E-state index in [2.05, 4.69) is 21.4 Å². The first kappa shape index (κ1) is 26.1. The van der Waals surface area contributed by atoms with E-state index in [1.165, 1.54) is 57.4 Å². The summed E-state index contributed by atoms with van der Waals surface area (Å²) in [4.78, 5) is 9.17. The van der Waals surface area contributed by atoms with Gasteiger partial charge in [-0.3, -0.25) is 0 Å². The van der Waals surface area contributed by atoms with Crippen LogP contribution >= 0.6 is 11.8 Å². The minimum atomic E-state index is -3.83. The zero-order valence-corrected chi connectivity index (χ0v) is 21.5. The second-order valence-corrected chi connectivity index (χ2v) is 10.6. The average Bonchev–Trinajstić information content (AvgIpc) is 2.82. The number of nitrogens with zero attached hydrogens (tertiary/aromatic N) is 3. The molecule has 0 aliphatic rings. The van der Waals surface area contributed by atoms with E-state index in [1.807, 2.05) is 13.8 Å². The highest BCUT2D eigenvalue weighted by Gasteiger charge is 2.21. The van der Waals surface area contributed by atoms with Gasteiger partial charge in [0.1, 0.15) is 11.6 Å². The van der Waals surface area contributed by atoms with Gasteiger partial charge in [-0.2, -0.15) is 5.26 Å². The van der Waals surface area contributed by atoms with Crippen molar-refractivity contribution in [1.82, 2.24) is 9.97 Å². The molecule has 0 spiro atoms. The number of nitrogens with one attached hydrogen (secondary N) is 1.